The number of hydrogen-bond donors (Lipinski definition) is 1. The number of nitrogens with zero attached hydrogens (tertiary/aromatic N) is 4. The summed E-state index contributed by atoms with van der Waals surface area (Å²) in [6.45, 7) is 2.44. The minimum absolute atomic E-state index is 0.0674. The highest BCUT2D eigenvalue weighted by atomic mass is 32.2. The number of aryl methyl sites for hydroxylation is 2. The number of nitrogens with one attached hydrogen (secondary N) is 1. The minimum Gasteiger partial charge on any atom is -0.496 e. The van der Waals surface area contributed by atoms with E-state index in [9.17, 15) is 10.1 Å². The molecule has 0 spiro atoms. The maximum Gasteiger partial charge on any atom is 0.220 e. The van der Waals surface area contributed by atoms with Crippen LogP contribution in [-0.2, 0) is 23.5 Å². The predicted octanol–water partition coefficient (Wildman–Crippen LogP) is 5.00. The van der Waals surface area contributed by atoms with E-state index < -0.39 is 0 Å². The molecule has 0 aliphatic rings. The average Bonchev–Trinajstić information content (AvgIpc) is 3.32. The summed E-state index contributed by atoms with van der Waals surface area (Å²) in [7, 11) is 1.62. The Labute approximate surface area is 215 Å². The SMILES string of the molecule is COc1ccccc1CNC(=O)CCc1nnc(SCc2cccc(C#N)c2)n1-c1cccc(C)c1. The third-order valence-corrected chi connectivity index (χ3v) is 6.63. The maximum atomic E-state index is 12.6. The van der Waals surface area contributed by atoms with Crippen LogP contribution in [0.25, 0.3) is 5.69 Å². The first-order valence-corrected chi connectivity index (χ1v) is 12.6. The zero-order valence-corrected chi connectivity index (χ0v) is 21.1. The maximum absolute atomic E-state index is 12.6. The molecule has 0 saturated carbocycles. The van der Waals surface area contributed by atoms with Gasteiger partial charge in [-0.25, -0.2) is 0 Å². The van der Waals surface area contributed by atoms with Crippen molar-refractivity contribution in [2.45, 2.75) is 37.2 Å². The number of nitriles is 1. The molecule has 36 heavy (non-hydrogen) atoms. The van der Waals surface area contributed by atoms with E-state index in [1.54, 1.807) is 24.9 Å². The molecule has 0 saturated heterocycles. The van der Waals surface area contributed by atoms with Crippen molar-refractivity contribution in [2.75, 3.05) is 7.11 Å². The van der Waals surface area contributed by atoms with Crippen LogP contribution in [0.15, 0.2) is 78.0 Å². The summed E-state index contributed by atoms with van der Waals surface area (Å²) in [5.74, 6) is 2.06. The van der Waals surface area contributed by atoms with Crippen LogP contribution < -0.4 is 10.1 Å². The Morgan fingerprint density at radius 1 is 1.08 bits per heavy atom. The predicted molar refractivity (Wildman–Crippen MR) is 140 cm³/mol. The molecule has 1 aromatic heterocycles. The van der Waals surface area contributed by atoms with E-state index in [4.69, 9.17) is 4.74 Å². The first kappa shape index (κ1) is 25.0. The number of aromatic nitrogens is 3. The standard InChI is InChI=1S/C28H27N5O2S/c1-20-7-5-11-24(15-20)33-26(13-14-27(34)30-18-23-10-3-4-12-25(23)35-2)31-32-28(33)36-19-22-9-6-8-21(16-22)17-29/h3-12,15-16H,13-14,18-19H2,1-2H3,(H,30,34). The van der Waals surface area contributed by atoms with Gasteiger partial charge in [-0.05, 0) is 48.4 Å². The van der Waals surface area contributed by atoms with Crippen molar-refractivity contribution >= 4 is 17.7 Å². The number of carbonyl (C=O) groups excluding carboxylic acids is 1. The molecule has 8 heteroatoms. The Morgan fingerprint density at radius 2 is 1.92 bits per heavy atom. The number of thioether (sulfide) groups is 1. The van der Waals surface area contributed by atoms with E-state index in [0.717, 1.165) is 39.1 Å². The first-order chi connectivity index (χ1) is 17.6. The normalized spacial score (nSPS) is 10.6. The van der Waals surface area contributed by atoms with Gasteiger partial charge in [0.25, 0.3) is 0 Å². The van der Waals surface area contributed by atoms with Gasteiger partial charge in [0.2, 0.25) is 5.91 Å². The van der Waals surface area contributed by atoms with Crippen molar-refractivity contribution in [3.63, 3.8) is 0 Å². The molecule has 0 aliphatic carbocycles. The van der Waals surface area contributed by atoms with Crippen molar-refractivity contribution in [3.8, 4) is 17.5 Å². The minimum atomic E-state index is -0.0674. The molecule has 4 rings (SSSR count). The van der Waals surface area contributed by atoms with E-state index in [1.807, 2.05) is 72.2 Å². The number of carbonyl (C=O) groups is 1. The van der Waals surface area contributed by atoms with Gasteiger partial charge in [0.15, 0.2) is 5.16 Å². The molecule has 3 aromatic carbocycles. The Balaban J connectivity index is 1.47. The molecule has 0 aliphatic heterocycles. The molecule has 1 N–H and O–H groups in total. The van der Waals surface area contributed by atoms with Gasteiger partial charge in [-0.1, -0.05) is 54.2 Å². The molecule has 1 amide bonds. The van der Waals surface area contributed by atoms with Crippen molar-refractivity contribution < 1.29 is 9.53 Å². The highest BCUT2D eigenvalue weighted by molar-refractivity contribution is 7.98. The van der Waals surface area contributed by atoms with Crippen LogP contribution in [0.5, 0.6) is 5.75 Å². The Kier molecular flexibility index (Phi) is 8.37. The van der Waals surface area contributed by atoms with Gasteiger partial charge >= 0.3 is 0 Å². The molecule has 0 atom stereocenters. The smallest absolute Gasteiger partial charge is 0.220 e. The number of methoxy groups -OCH3 is 1. The molecule has 4 aromatic rings. The van der Waals surface area contributed by atoms with E-state index in [-0.39, 0.29) is 12.3 Å². The first-order valence-electron chi connectivity index (χ1n) is 11.6. The lowest BCUT2D eigenvalue weighted by atomic mass is 10.2. The van der Waals surface area contributed by atoms with Gasteiger partial charge in [0.1, 0.15) is 11.6 Å². The molecule has 182 valence electrons. The fourth-order valence-corrected chi connectivity index (χ4v) is 4.73. The van der Waals surface area contributed by atoms with Crippen LogP contribution in [0, 0.1) is 18.3 Å². The van der Waals surface area contributed by atoms with E-state index in [1.165, 1.54) is 0 Å². The number of para-hydroxylation sites is 1. The molecular formula is C28H27N5O2S. The second-order valence-electron chi connectivity index (χ2n) is 8.26. The third kappa shape index (κ3) is 6.32. The van der Waals surface area contributed by atoms with Gasteiger partial charge in [-0.15, -0.1) is 10.2 Å². The quantitative estimate of drug-likeness (QED) is 0.310. The number of amides is 1. The molecule has 0 bridgehead atoms. The molecular weight excluding hydrogens is 470 g/mol. The lowest BCUT2D eigenvalue weighted by Crippen LogP contribution is -2.23. The van der Waals surface area contributed by atoms with E-state index >= 15 is 0 Å². The summed E-state index contributed by atoms with van der Waals surface area (Å²) < 4.78 is 7.37. The summed E-state index contributed by atoms with van der Waals surface area (Å²) in [5, 5.41) is 21.8. The van der Waals surface area contributed by atoms with Gasteiger partial charge in [0.05, 0.1) is 18.7 Å². The fourth-order valence-electron chi connectivity index (χ4n) is 3.82. The van der Waals surface area contributed by atoms with Crippen LogP contribution >= 0.6 is 11.8 Å². The van der Waals surface area contributed by atoms with Crippen LogP contribution in [-0.4, -0.2) is 27.8 Å². The van der Waals surface area contributed by atoms with E-state index in [2.05, 4.69) is 27.6 Å². The Bertz CT molecular complexity index is 1390. The highest BCUT2D eigenvalue weighted by Crippen LogP contribution is 2.26. The lowest BCUT2D eigenvalue weighted by molar-refractivity contribution is -0.121. The average molecular weight is 498 g/mol. The van der Waals surface area contributed by atoms with Gasteiger partial charge < -0.3 is 10.1 Å². The third-order valence-electron chi connectivity index (χ3n) is 5.63. The molecule has 0 fully saturated rings. The number of hydrogen-bond acceptors (Lipinski definition) is 6. The Hall–Kier alpha value is -4.09. The zero-order valence-electron chi connectivity index (χ0n) is 20.3. The van der Waals surface area contributed by atoms with Crippen LogP contribution in [0.3, 0.4) is 0 Å². The molecule has 0 unspecified atom stereocenters. The van der Waals surface area contributed by atoms with Crippen LogP contribution in [0.1, 0.15) is 34.5 Å². The second-order valence-corrected chi connectivity index (χ2v) is 9.21. The van der Waals surface area contributed by atoms with Gasteiger partial charge in [0, 0.05) is 36.4 Å². The summed E-state index contributed by atoms with van der Waals surface area (Å²) in [6.07, 6.45) is 0.733. The highest BCUT2D eigenvalue weighted by Gasteiger charge is 2.16. The number of rotatable bonds is 10. The number of ether oxygens (including phenoxy) is 1. The van der Waals surface area contributed by atoms with Gasteiger partial charge in [-0.2, -0.15) is 5.26 Å². The second kappa shape index (κ2) is 12.0. The largest absolute Gasteiger partial charge is 0.496 e. The molecule has 0 radical (unpaired) electrons. The summed E-state index contributed by atoms with van der Waals surface area (Å²) in [5.41, 5.74) is 4.68. The topological polar surface area (TPSA) is 92.8 Å². The monoisotopic (exact) mass is 497 g/mol. The van der Waals surface area contributed by atoms with Crippen molar-refractivity contribution in [1.29, 1.82) is 5.26 Å². The van der Waals surface area contributed by atoms with Crippen molar-refractivity contribution in [2.24, 2.45) is 0 Å². The molecule has 1 heterocycles. The van der Waals surface area contributed by atoms with Crippen LogP contribution in [0.2, 0.25) is 0 Å². The number of benzene rings is 3. The summed E-state index contributed by atoms with van der Waals surface area (Å²) >= 11 is 1.55. The fraction of sp³-hybridized carbons (Fsp3) is 0.214. The van der Waals surface area contributed by atoms with E-state index in [0.29, 0.717) is 24.3 Å². The van der Waals surface area contributed by atoms with Crippen LogP contribution in [0.4, 0.5) is 0 Å². The van der Waals surface area contributed by atoms with Crippen molar-refractivity contribution in [1.82, 2.24) is 20.1 Å². The summed E-state index contributed by atoms with van der Waals surface area (Å²) in [6, 6.07) is 25.5. The molecule has 7 nitrogen and oxygen atoms in total. The summed E-state index contributed by atoms with van der Waals surface area (Å²) in [4.78, 5) is 12.6. The lowest BCUT2D eigenvalue weighted by Gasteiger charge is -2.12. The van der Waals surface area contributed by atoms with Crippen molar-refractivity contribution in [3.05, 3.63) is 101 Å². The zero-order chi connectivity index (χ0) is 25.3. The van der Waals surface area contributed by atoms with Gasteiger partial charge in [-0.3, -0.25) is 9.36 Å². The Morgan fingerprint density at radius 3 is 2.72 bits per heavy atom.